The fraction of sp³-hybridized carbons (Fsp3) is 0.800. The zero-order chi connectivity index (χ0) is 7.33. The molecule has 15 heavy (non-hydrogen) atoms. The van der Waals surface area contributed by atoms with Crippen LogP contribution in [-0.4, -0.2) is 96.5 Å². The zero-order valence-electron chi connectivity index (χ0n) is 10.7. The second kappa shape index (κ2) is 24.5. The van der Waals surface area contributed by atoms with Gasteiger partial charge in [0, 0.05) is 0 Å². The van der Waals surface area contributed by atoms with Crippen molar-refractivity contribution in [1.82, 2.24) is 0 Å². The first-order chi connectivity index (χ1) is 4.12. The summed E-state index contributed by atoms with van der Waals surface area (Å²) in [6.45, 7) is 0.644. The molecule has 0 spiro atoms. The Labute approximate surface area is 129 Å². The van der Waals surface area contributed by atoms with Gasteiger partial charge in [-0.3, -0.25) is 0 Å². The van der Waals surface area contributed by atoms with Gasteiger partial charge in [0.05, 0.1) is 0 Å². The maximum Gasteiger partial charge on any atom is 2.00 e. The molecular weight excluding hydrogens is 277 g/mol. The van der Waals surface area contributed by atoms with Gasteiger partial charge < -0.3 is 37.2 Å². The fourth-order valence-corrected chi connectivity index (χ4v) is 0.732. The van der Waals surface area contributed by atoms with Gasteiger partial charge in [0.1, 0.15) is 0 Å². The van der Waals surface area contributed by atoms with Crippen molar-refractivity contribution < 1.29 is 51.3 Å². The first-order valence-electron chi connectivity index (χ1n) is 2.66. The van der Waals surface area contributed by atoms with Crippen molar-refractivity contribution in [3.05, 3.63) is 0 Å². The monoisotopic (exact) mass is 297 g/mol. The number of hydrogen-bond acceptors (Lipinski definition) is 2. The SMILES string of the molecule is C[N+](C)(C#P=O)CCO.O.O.O.O.[Ca+2].[Cl-].[H-].[H-]. The number of aliphatic hydroxyl groups is 1. The van der Waals surface area contributed by atoms with Gasteiger partial charge >= 0.3 is 92.8 Å². The molecule has 0 heterocycles. The Morgan fingerprint density at radius 1 is 1.27 bits per heavy atom. The summed E-state index contributed by atoms with van der Waals surface area (Å²) >= 11 is 0. The average Bonchev–Trinajstić information content (AvgIpc) is 1.64. The van der Waals surface area contributed by atoms with Crippen LogP contribution in [-0.2, 0) is 4.57 Å². The van der Waals surface area contributed by atoms with Crippen LogP contribution in [0.25, 0.3) is 0 Å². The van der Waals surface area contributed by atoms with Crippen molar-refractivity contribution in [3.63, 3.8) is 0 Å². The predicted molar refractivity (Wildman–Crippen MR) is 58.0 cm³/mol. The topological polar surface area (TPSA) is 163 Å². The third-order valence-corrected chi connectivity index (χ3v) is 1.59. The van der Waals surface area contributed by atoms with Gasteiger partial charge in [-0.1, -0.05) is 0 Å². The van der Waals surface area contributed by atoms with Crippen LogP contribution in [0.3, 0.4) is 0 Å². The molecule has 0 aromatic heterocycles. The zero-order valence-corrected chi connectivity index (χ0v) is 12.6. The minimum absolute atomic E-state index is 0. The van der Waals surface area contributed by atoms with Crippen molar-refractivity contribution in [2.45, 2.75) is 0 Å². The molecule has 0 rings (SSSR count). The Bertz CT molecular complexity index is 196. The summed E-state index contributed by atoms with van der Waals surface area (Å²) in [4.78, 5) is 0. The molecule has 7 nitrogen and oxygen atoms in total. The van der Waals surface area contributed by atoms with Crippen LogP contribution in [0.2, 0.25) is 0 Å². The molecule has 0 saturated carbocycles. The van der Waals surface area contributed by atoms with Crippen LogP contribution < -0.4 is 12.4 Å². The molecule has 0 aliphatic heterocycles. The van der Waals surface area contributed by atoms with E-state index in [1.807, 2.05) is 14.1 Å². The maximum atomic E-state index is 9.98. The molecule has 0 atom stereocenters. The van der Waals surface area contributed by atoms with E-state index in [0.717, 1.165) is 0 Å². The van der Waals surface area contributed by atoms with Crippen LogP contribution in [0, 0.1) is 5.75 Å². The van der Waals surface area contributed by atoms with Crippen molar-refractivity contribution in [2.24, 2.45) is 0 Å². The largest absolute Gasteiger partial charge is 2.00 e. The number of nitrogens with zero attached hydrogens (tertiary/aromatic N) is 1. The molecular formula is C5H21CaClNO6P. The number of halogens is 1. The molecule has 0 saturated heterocycles. The Morgan fingerprint density at radius 3 is 1.80 bits per heavy atom. The van der Waals surface area contributed by atoms with Crippen LogP contribution in [0.15, 0.2) is 0 Å². The molecule has 10 heteroatoms. The summed E-state index contributed by atoms with van der Waals surface area (Å²) in [5.41, 5.74) is 0. The number of hydrogen-bond donors (Lipinski definition) is 1. The Hall–Kier alpha value is 1.32. The molecule has 9 N–H and O–H groups in total. The van der Waals surface area contributed by atoms with Crippen LogP contribution in [0.1, 0.15) is 2.85 Å². The normalized spacial score (nSPS) is 6.33. The van der Waals surface area contributed by atoms with Gasteiger partial charge in [-0.15, -0.1) is 0 Å². The second-order valence-electron chi connectivity index (χ2n) is 2.32. The molecule has 0 aliphatic rings. The molecule has 0 amide bonds. The fourth-order valence-electron chi connectivity index (χ4n) is 0.411. The van der Waals surface area contributed by atoms with Gasteiger partial charge in [-0.2, -0.15) is 0 Å². The number of likely N-dealkylation sites (N-methyl/N-ethyl adjacent to an activating group) is 1. The summed E-state index contributed by atoms with van der Waals surface area (Å²) in [5.74, 6) is 2.62. The van der Waals surface area contributed by atoms with Crippen LogP contribution >= 0.6 is 7.92 Å². The van der Waals surface area contributed by atoms with Gasteiger partial charge in [0.15, 0.2) is 0 Å². The van der Waals surface area contributed by atoms with E-state index in [-0.39, 0.29) is 89.4 Å². The van der Waals surface area contributed by atoms with E-state index in [0.29, 0.717) is 11.0 Å². The van der Waals surface area contributed by atoms with Gasteiger partial charge in [-0.25, -0.2) is 0 Å². The quantitative estimate of drug-likeness (QED) is 0.305. The smallest absolute Gasteiger partial charge is 1.00 e. The molecule has 96 valence electrons. The van der Waals surface area contributed by atoms with E-state index >= 15 is 0 Å². The summed E-state index contributed by atoms with van der Waals surface area (Å²) in [7, 11) is 3.54. The van der Waals surface area contributed by atoms with Crippen LogP contribution in [0.5, 0.6) is 0 Å². The van der Waals surface area contributed by atoms with Crippen molar-refractivity contribution in [3.8, 4) is 5.75 Å². The molecule has 0 bridgehead atoms. The molecule has 0 unspecified atom stereocenters. The minimum Gasteiger partial charge on any atom is -1.00 e. The van der Waals surface area contributed by atoms with Crippen molar-refractivity contribution in [1.29, 1.82) is 0 Å². The molecule has 0 aromatic carbocycles. The Kier molecular flexibility index (Phi) is 72.1. The predicted octanol–water partition coefficient (Wildman–Crippen LogP) is -6.19. The molecule has 0 aliphatic carbocycles. The summed E-state index contributed by atoms with van der Waals surface area (Å²) < 4.78 is 10.3. The second-order valence-corrected chi connectivity index (χ2v) is 2.71. The standard InChI is InChI=1S/C5H11NO2P.Ca.ClH.4H2O.2H/c1-6(2,3-4-7)5-9-8;;;;;;;;/h7H,3-4H2,1-2H3;;1H;4*1H2;;/q+1;+2;;;;;;2*-1/p-1. The first-order valence-corrected chi connectivity index (χ1v) is 3.47. The van der Waals surface area contributed by atoms with Gasteiger partial charge in [0.25, 0.3) is 0 Å². The summed E-state index contributed by atoms with van der Waals surface area (Å²) in [5, 5.41) is 8.47. The molecule has 0 fully saturated rings. The third kappa shape index (κ3) is 31.3. The van der Waals surface area contributed by atoms with E-state index in [1.54, 1.807) is 0 Å². The maximum absolute atomic E-state index is 9.98. The van der Waals surface area contributed by atoms with Crippen molar-refractivity contribution >= 4 is 45.7 Å². The van der Waals surface area contributed by atoms with E-state index in [9.17, 15) is 4.57 Å². The summed E-state index contributed by atoms with van der Waals surface area (Å²) in [6, 6.07) is 0. The Balaban J connectivity index is -0.0000000114. The Morgan fingerprint density at radius 2 is 1.60 bits per heavy atom. The molecule has 0 aromatic rings. The van der Waals surface area contributed by atoms with E-state index in [1.165, 1.54) is 0 Å². The van der Waals surface area contributed by atoms with Crippen LogP contribution in [0.4, 0.5) is 0 Å². The number of aliphatic hydroxyl groups excluding tert-OH is 1. The number of rotatable bonds is 2. The van der Waals surface area contributed by atoms with Gasteiger partial charge in [-0.05, 0) is 0 Å². The third-order valence-electron chi connectivity index (χ3n) is 0.971. The van der Waals surface area contributed by atoms with Gasteiger partial charge in [0.2, 0.25) is 0 Å². The molecule has 0 radical (unpaired) electrons. The van der Waals surface area contributed by atoms with Crippen molar-refractivity contribution in [2.75, 3.05) is 27.2 Å². The van der Waals surface area contributed by atoms with E-state index in [4.69, 9.17) is 5.11 Å². The average molecular weight is 298 g/mol. The summed E-state index contributed by atoms with van der Waals surface area (Å²) in [6.07, 6.45) is 0. The number of quaternary nitrogens is 1. The minimum atomic E-state index is -0.105. The first kappa shape index (κ1) is 44.1. The van der Waals surface area contributed by atoms with E-state index in [2.05, 4.69) is 5.75 Å². The van der Waals surface area contributed by atoms with E-state index < -0.39 is 0 Å².